The summed E-state index contributed by atoms with van der Waals surface area (Å²) in [6.45, 7) is 2.23. The van der Waals surface area contributed by atoms with Gasteiger partial charge in [-0.1, -0.05) is 0 Å². The average Bonchev–Trinajstić information content (AvgIpc) is 2.94. The van der Waals surface area contributed by atoms with E-state index in [0.717, 1.165) is 17.9 Å². The summed E-state index contributed by atoms with van der Waals surface area (Å²) in [7, 11) is 0. The average molecular weight is 294 g/mol. The summed E-state index contributed by atoms with van der Waals surface area (Å²) in [5.41, 5.74) is 1.53. The van der Waals surface area contributed by atoms with Gasteiger partial charge in [0, 0.05) is 19.5 Å². The molecule has 2 unspecified atom stereocenters. The number of rotatable bonds is 3. The zero-order valence-electron chi connectivity index (χ0n) is 11.5. The fourth-order valence-corrected chi connectivity index (χ4v) is 2.78. The van der Waals surface area contributed by atoms with Crippen LogP contribution in [0.2, 0.25) is 0 Å². The molecule has 0 aliphatic carbocycles. The maximum absolute atomic E-state index is 12.4. The molecular formula is C13H18N4O4. The third-order valence-electron chi connectivity index (χ3n) is 3.91. The van der Waals surface area contributed by atoms with Gasteiger partial charge in [-0.3, -0.25) is 4.79 Å². The molecule has 0 aromatic carbocycles. The van der Waals surface area contributed by atoms with Crippen LogP contribution in [0.4, 0.5) is 0 Å². The minimum absolute atomic E-state index is 0.191. The predicted molar refractivity (Wildman–Crippen MR) is 71.5 cm³/mol. The minimum atomic E-state index is -1.00. The third-order valence-corrected chi connectivity index (χ3v) is 3.91. The number of fused-ring (bicyclic) bond motifs is 1. The van der Waals surface area contributed by atoms with Gasteiger partial charge in [-0.05, 0) is 0 Å². The van der Waals surface area contributed by atoms with Gasteiger partial charge in [-0.25, -0.2) is 9.78 Å². The van der Waals surface area contributed by atoms with Gasteiger partial charge in [0.05, 0.1) is 43.4 Å². The number of morpholine rings is 1. The molecule has 8 nitrogen and oxygen atoms in total. The Morgan fingerprint density at radius 2 is 2.38 bits per heavy atom. The van der Waals surface area contributed by atoms with E-state index in [-0.39, 0.29) is 31.4 Å². The molecule has 0 saturated carbocycles. The van der Waals surface area contributed by atoms with Crippen molar-refractivity contribution in [2.24, 2.45) is 0 Å². The van der Waals surface area contributed by atoms with Gasteiger partial charge < -0.3 is 25.0 Å². The van der Waals surface area contributed by atoms with E-state index in [0.29, 0.717) is 13.2 Å². The molecule has 1 aromatic heterocycles. The van der Waals surface area contributed by atoms with Crippen LogP contribution in [-0.4, -0.2) is 63.7 Å². The van der Waals surface area contributed by atoms with Crippen molar-refractivity contribution >= 4 is 11.9 Å². The van der Waals surface area contributed by atoms with Crippen LogP contribution in [0.25, 0.3) is 0 Å². The number of nitrogens with zero attached hydrogens (tertiary/aromatic N) is 2. The van der Waals surface area contributed by atoms with Crippen molar-refractivity contribution in [3.63, 3.8) is 0 Å². The number of carbonyl (C=O) groups is 2. The molecule has 0 bridgehead atoms. The predicted octanol–water partition coefficient (Wildman–Crippen LogP) is -0.874. The molecule has 3 heterocycles. The second-order valence-electron chi connectivity index (χ2n) is 5.31. The van der Waals surface area contributed by atoms with Gasteiger partial charge in [-0.15, -0.1) is 0 Å². The van der Waals surface area contributed by atoms with Crippen LogP contribution < -0.4 is 5.32 Å². The molecular weight excluding hydrogens is 276 g/mol. The number of ether oxygens (including phenoxy) is 1. The quantitative estimate of drug-likeness (QED) is 0.668. The topological polar surface area (TPSA) is 108 Å². The Balaban J connectivity index is 1.72. The number of hydrogen-bond donors (Lipinski definition) is 3. The maximum Gasteiger partial charge on any atom is 0.326 e. The van der Waals surface area contributed by atoms with Gasteiger partial charge >= 0.3 is 5.97 Å². The van der Waals surface area contributed by atoms with E-state index in [2.05, 4.69) is 15.3 Å². The first-order valence-corrected chi connectivity index (χ1v) is 7.01. The molecule has 2 aliphatic rings. The monoisotopic (exact) mass is 294 g/mol. The molecule has 8 heteroatoms. The molecule has 1 saturated heterocycles. The molecule has 21 heavy (non-hydrogen) atoms. The van der Waals surface area contributed by atoms with E-state index >= 15 is 0 Å². The molecule has 3 N–H and O–H groups in total. The van der Waals surface area contributed by atoms with E-state index in [9.17, 15) is 14.7 Å². The second-order valence-corrected chi connectivity index (χ2v) is 5.31. The van der Waals surface area contributed by atoms with Crippen LogP contribution >= 0.6 is 0 Å². The fraction of sp³-hybridized carbons (Fsp3) is 0.615. The minimum Gasteiger partial charge on any atom is -0.480 e. The molecule has 1 amide bonds. The van der Waals surface area contributed by atoms with Crippen molar-refractivity contribution in [2.45, 2.75) is 31.5 Å². The van der Waals surface area contributed by atoms with E-state index in [1.54, 1.807) is 0 Å². The van der Waals surface area contributed by atoms with E-state index in [4.69, 9.17) is 4.74 Å². The fourth-order valence-electron chi connectivity index (χ4n) is 2.78. The zero-order valence-corrected chi connectivity index (χ0v) is 11.5. The molecule has 0 spiro atoms. The van der Waals surface area contributed by atoms with Crippen molar-refractivity contribution in [1.29, 1.82) is 0 Å². The number of aromatic nitrogens is 2. The lowest BCUT2D eigenvalue weighted by Gasteiger charge is -2.34. The number of hydrogen-bond acceptors (Lipinski definition) is 5. The number of amides is 1. The summed E-state index contributed by atoms with van der Waals surface area (Å²) in [6, 6.07) is -0.857. The third kappa shape index (κ3) is 2.91. The van der Waals surface area contributed by atoms with Crippen molar-refractivity contribution in [1.82, 2.24) is 20.2 Å². The summed E-state index contributed by atoms with van der Waals surface area (Å²) in [5, 5.41) is 12.5. The SMILES string of the molecule is O=C(O)C1Cc2nc[nH]c2CN1C(=O)CC1CNCCO1. The Morgan fingerprint density at radius 1 is 1.52 bits per heavy atom. The van der Waals surface area contributed by atoms with Crippen molar-refractivity contribution in [3.8, 4) is 0 Å². The first-order valence-electron chi connectivity index (χ1n) is 7.01. The van der Waals surface area contributed by atoms with E-state index in [1.807, 2.05) is 0 Å². The summed E-state index contributed by atoms with van der Waals surface area (Å²) in [5.74, 6) is -1.20. The van der Waals surface area contributed by atoms with Gasteiger partial charge in [0.1, 0.15) is 6.04 Å². The normalized spacial score (nSPS) is 25.4. The highest BCUT2D eigenvalue weighted by Crippen LogP contribution is 2.22. The molecule has 3 rings (SSSR count). The highest BCUT2D eigenvalue weighted by Gasteiger charge is 2.36. The van der Waals surface area contributed by atoms with Crippen LogP contribution in [0.3, 0.4) is 0 Å². The number of carboxylic acids is 1. The summed E-state index contributed by atoms with van der Waals surface area (Å²) in [4.78, 5) is 32.3. The van der Waals surface area contributed by atoms with Crippen molar-refractivity contribution < 1.29 is 19.4 Å². The number of carbonyl (C=O) groups excluding carboxylic acids is 1. The standard InChI is InChI=1S/C13H18N4O4/c18-12(3-8-5-14-1-2-21-8)17-6-10-9(15-7-16-10)4-11(17)13(19)20/h7-8,11,14H,1-6H2,(H,15,16)(H,19,20). The second kappa shape index (κ2) is 5.82. The molecule has 2 aliphatic heterocycles. The molecule has 1 fully saturated rings. The highest BCUT2D eigenvalue weighted by atomic mass is 16.5. The number of H-pyrrole nitrogens is 1. The number of imidazole rings is 1. The molecule has 1 aromatic rings. The van der Waals surface area contributed by atoms with Gasteiger partial charge in [0.15, 0.2) is 0 Å². The number of aromatic amines is 1. The Kier molecular flexibility index (Phi) is 3.89. The number of nitrogens with one attached hydrogen (secondary N) is 2. The molecule has 0 radical (unpaired) electrons. The molecule has 2 atom stereocenters. The lowest BCUT2D eigenvalue weighted by molar-refractivity contribution is -0.153. The van der Waals surface area contributed by atoms with Crippen LogP contribution in [0.5, 0.6) is 0 Å². The van der Waals surface area contributed by atoms with Crippen molar-refractivity contribution in [2.75, 3.05) is 19.7 Å². The Bertz CT molecular complexity index is 538. The zero-order chi connectivity index (χ0) is 14.8. The van der Waals surface area contributed by atoms with E-state index in [1.165, 1.54) is 11.2 Å². The van der Waals surface area contributed by atoms with Gasteiger partial charge in [0.2, 0.25) is 5.91 Å². The summed E-state index contributed by atoms with van der Waals surface area (Å²) >= 11 is 0. The molecule has 114 valence electrons. The van der Waals surface area contributed by atoms with Crippen LogP contribution in [0.15, 0.2) is 6.33 Å². The largest absolute Gasteiger partial charge is 0.480 e. The van der Waals surface area contributed by atoms with Gasteiger partial charge in [-0.2, -0.15) is 0 Å². The summed E-state index contributed by atoms with van der Waals surface area (Å²) in [6.07, 6.45) is 1.78. The Morgan fingerprint density at radius 3 is 3.10 bits per heavy atom. The number of aliphatic carboxylic acids is 1. The first kappa shape index (κ1) is 14.0. The smallest absolute Gasteiger partial charge is 0.326 e. The van der Waals surface area contributed by atoms with Crippen LogP contribution in [-0.2, 0) is 27.3 Å². The lowest BCUT2D eigenvalue weighted by Crippen LogP contribution is -2.50. The lowest BCUT2D eigenvalue weighted by atomic mass is 10.0. The summed E-state index contributed by atoms with van der Waals surface area (Å²) < 4.78 is 5.51. The maximum atomic E-state index is 12.4. The first-order chi connectivity index (χ1) is 10.1. The van der Waals surface area contributed by atoms with Crippen molar-refractivity contribution in [3.05, 3.63) is 17.7 Å². The highest BCUT2D eigenvalue weighted by molar-refractivity contribution is 5.84. The Labute approximate surface area is 121 Å². The Hall–Kier alpha value is -1.93. The van der Waals surface area contributed by atoms with E-state index < -0.39 is 12.0 Å². The number of carboxylic acid groups (broad SMARTS) is 1. The van der Waals surface area contributed by atoms with Crippen LogP contribution in [0, 0.1) is 0 Å². The van der Waals surface area contributed by atoms with Crippen LogP contribution in [0.1, 0.15) is 17.8 Å². The van der Waals surface area contributed by atoms with Gasteiger partial charge in [0.25, 0.3) is 0 Å².